The molecule has 1 N–H and O–H groups in total. The first-order valence-electron chi connectivity index (χ1n) is 4.76. The second-order valence-corrected chi connectivity index (χ2v) is 3.56. The third-order valence-corrected chi connectivity index (χ3v) is 2.42. The zero-order chi connectivity index (χ0) is 10.8. The van der Waals surface area contributed by atoms with Gasteiger partial charge in [-0.25, -0.2) is 4.98 Å². The average molecular weight is 210 g/mol. The van der Waals surface area contributed by atoms with Crippen LogP contribution in [0.4, 0.5) is 4.39 Å². The van der Waals surface area contributed by atoms with Crippen LogP contribution in [0.25, 0.3) is 0 Å². The summed E-state index contributed by atoms with van der Waals surface area (Å²) in [6.45, 7) is 0.883. The highest BCUT2D eigenvalue weighted by atomic mass is 19.1. The van der Waals surface area contributed by atoms with Crippen LogP contribution in [0.1, 0.15) is 16.8 Å². The van der Waals surface area contributed by atoms with Crippen LogP contribution in [0, 0.1) is 5.95 Å². The number of β-amino-alcohol motifs (C(OH)–C–C–N with tert-alkyl or cyclic N) is 1. The summed E-state index contributed by atoms with van der Waals surface area (Å²) < 4.78 is 12.5. The van der Waals surface area contributed by atoms with Crippen molar-refractivity contribution in [1.82, 2.24) is 9.88 Å². The maximum atomic E-state index is 12.5. The fourth-order valence-electron chi connectivity index (χ4n) is 1.61. The maximum absolute atomic E-state index is 12.5. The van der Waals surface area contributed by atoms with Gasteiger partial charge in [0.05, 0.1) is 11.7 Å². The van der Waals surface area contributed by atoms with E-state index >= 15 is 0 Å². The van der Waals surface area contributed by atoms with Crippen LogP contribution in [-0.2, 0) is 0 Å². The second kappa shape index (κ2) is 3.94. The third kappa shape index (κ3) is 2.12. The van der Waals surface area contributed by atoms with Crippen LogP contribution in [0.5, 0.6) is 0 Å². The van der Waals surface area contributed by atoms with Gasteiger partial charge >= 0.3 is 0 Å². The number of amides is 1. The molecule has 80 valence electrons. The summed E-state index contributed by atoms with van der Waals surface area (Å²) in [5.41, 5.74) is 0.352. The summed E-state index contributed by atoms with van der Waals surface area (Å²) in [6, 6.07) is 2.55. The van der Waals surface area contributed by atoms with E-state index in [-0.39, 0.29) is 5.91 Å². The van der Waals surface area contributed by atoms with E-state index in [2.05, 4.69) is 4.98 Å². The van der Waals surface area contributed by atoms with Gasteiger partial charge in [-0.05, 0) is 18.6 Å². The van der Waals surface area contributed by atoms with Gasteiger partial charge in [0.2, 0.25) is 5.95 Å². The number of carbonyl (C=O) groups excluding carboxylic acids is 1. The van der Waals surface area contributed by atoms with Gasteiger partial charge < -0.3 is 10.0 Å². The van der Waals surface area contributed by atoms with Crippen molar-refractivity contribution in [2.45, 2.75) is 12.5 Å². The Morgan fingerprint density at radius 2 is 2.40 bits per heavy atom. The molecule has 0 spiro atoms. The predicted molar refractivity (Wildman–Crippen MR) is 50.7 cm³/mol. The number of likely N-dealkylation sites (tertiary alicyclic amines) is 1. The minimum Gasteiger partial charge on any atom is -0.391 e. The summed E-state index contributed by atoms with van der Waals surface area (Å²) in [5.74, 6) is -0.813. The first-order chi connectivity index (χ1) is 7.16. The Balaban J connectivity index is 2.11. The molecule has 1 aliphatic heterocycles. The zero-order valence-electron chi connectivity index (χ0n) is 8.06. The molecule has 1 aliphatic rings. The molecule has 0 bridgehead atoms. The number of aliphatic hydroxyl groups excluding tert-OH is 1. The number of nitrogens with zero attached hydrogens (tertiary/aromatic N) is 2. The molecular formula is C10H11FN2O2. The molecule has 0 aromatic carbocycles. The number of aromatic nitrogens is 1. The largest absolute Gasteiger partial charge is 0.391 e. The summed E-state index contributed by atoms with van der Waals surface area (Å²) in [5, 5.41) is 9.27. The van der Waals surface area contributed by atoms with Crippen molar-refractivity contribution in [3.8, 4) is 0 Å². The number of pyridine rings is 1. The normalized spacial score (nSPS) is 20.7. The smallest absolute Gasteiger partial charge is 0.255 e. The highest BCUT2D eigenvalue weighted by molar-refractivity contribution is 5.94. The van der Waals surface area contributed by atoms with E-state index in [1.54, 1.807) is 4.90 Å². The Bertz CT molecular complexity index is 366. The van der Waals surface area contributed by atoms with Gasteiger partial charge in [-0.1, -0.05) is 0 Å². The van der Waals surface area contributed by atoms with Gasteiger partial charge in [0.25, 0.3) is 5.91 Å². The van der Waals surface area contributed by atoms with Gasteiger partial charge in [0.15, 0.2) is 0 Å². The van der Waals surface area contributed by atoms with Gasteiger partial charge in [-0.2, -0.15) is 4.39 Å². The van der Waals surface area contributed by atoms with Crippen molar-refractivity contribution in [1.29, 1.82) is 0 Å². The molecule has 0 aliphatic carbocycles. The molecule has 0 radical (unpaired) electrons. The van der Waals surface area contributed by atoms with Crippen LogP contribution in [0.3, 0.4) is 0 Å². The van der Waals surface area contributed by atoms with E-state index in [0.29, 0.717) is 25.1 Å². The molecule has 2 rings (SSSR count). The fraction of sp³-hybridized carbons (Fsp3) is 0.400. The zero-order valence-corrected chi connectivity index (χ0v) is 8.06. The third-order valence-electron chi connectivity index (χ3n) is 2.42. The average Bonchev–Trinajstić information content (AvgIpc) is 2.65. The lowest BCUT2D eigenvalue weighted by Gasteiger charge is -2.14. The number of rotatable bonds is 1. The predicted octanol–water partition coefficient (Wildman–Crippen LogP) is 0.428. The van der Waals surface area contributed by atoms with E-state index in [1.165, 1.54) is 12.3 Å². The Morgan fingerprint density at radius 3 is 2.93 bits per heavy atom. The van der Waals surface area contributed by atoms with Gasteiger partial charge in [-0.15, -0.1) is 0 Å². The molecule has 0 unspecified atom stereocenters. The van der Waals surface area contributed by atoms with Crippen LogP contribution in [0.15, 0.2) is 18.3 Å². The highest BCUT2D eigenvalue weighted by Crippen LogP contribution is 2.12. The van der Waals surface area contributed by atoms with Crippen LogP contribution in [0.2, 0.25) is 0 Å². The molecule has 1 saturated heterocycles. The SMILES string of the molecule is O=C(c1ccc(F)nc1)N1CC[C@H](O)C1. The monoisotopic (exact) mass is 210 g/mol. The number of hydrogen-bond acceptors (Lipinski definition) is 3. The summed E-state index contributed by atoms with van der Waals surface area (Å²) in [7, 11) is 0. The molecule has 0 saturated carbocycles. The van der Waals surface area contributed by atoms with Crippen molar-refractivity contribution in [2.24, 2.45) is 0 Å². The summed E-state index contributed by atoms with van der Waals surface area (Å²) in [6.07, 6.45) is 1.37. The maximum Gasteiger partial charge on any atom is 0.255 e. The molecule has 4 nitrogen and oxygen atoms in total. The molecule has 1 aromatic heterocycles. The van der Waals surface area contributed by atoms with Crippen LogP contribution >= 0.6 is 0 Å². The van der Waals surface area contributed by atoms with Gasteiger partial charge in [0.1, 0.15) is 0 Å². The standard InChI is InChI=1S/C10H11FN2O2/c11-9-2-1-7(5-12-9)10(15)13-4-3-8(14)6-13/h1-2,5,8,14H,3-4,6H2/t8-/m0/s1. The van der Waals surface area contributed by atoms with Crippen LogP contribution < -0.4 is 0 Å². The fourth-order valence-corrected chi connectivity index (χ4v) is 1.61. The summed E-state index contributed by atoms with van der Waals surface area (Å²) >= 11 is 0. The molecule has 1 fully saturated rings. The summed E-state index contributed by atoms with van der Waals surface area (Å²) in [4.78, 5) is 16.7. The minimum atomic E-state index is -0.604. The first kappa shape index (κ1) is 10.0. The van der Waals surface area contributed by atoms with Crippen LogP contribution in [-0.4, -0.2) is 40.1 Å². The van der Waals surface area contributed by atoms with Crippen molar-refractivity contribution >= 4 is 5.91 Å². The molecular weight excluding hydrogens is 199 g/mol. The van der Waals surface area contributed by atoms with E-state index in [9.17, 15) is 14.3 Å². The Hall–Kier alpha value is -1.49. The number of hydrogen-bond donors (Lipinski definition) is 1. The molecule has 1 aromatic rings. The minimum absolute atomic E-state index is 0.209. The quantitative estimate of drug-likeness (QED) is 0.684. The molecule has 5 heteroatoms. The van der Waals surface area contributed by atoms with Crippen molar-refractivity contribution in [2.75, 3.05) is 13.1 Å². The lowest BCUT2D eigenvalue weighted by Crippen LogP contribution is -2.29. The molecule has 2 heterocycles. The Morgan fingerprint density at radius 1 is 1.60 bits per heavy atom. The highest BCUT2D eigenvalue weighted by Gasteiger charge is 2.25. The van der Waals surface area contributed by atoms with Crippen molar-refractivity contribution < 1.29 is 14.3 Å². The van der Waals surface area contributed by atoms with Crippen molar-refractivity contribution in [3.05, 3.63) is 29.8 Å². The Labute approximate surface area is 86.4 Å². The number of aliphatic hydroxyl groups is 1. The van der Waals surface area contributed by atoms with E-state index < -0.39 is 12.1 Å². The van der Waals surface area contributed by atoms with Gasteiger partial charge in [-0.3, -0.25) is 4.79 Å². The molecule has 1 atom stereocenters. The van der Waals surface area contributed by atoms with E-state index in [0.717, 1.165) is 6.07 Å². The van der Waals surface area contributed by atoms with Crippen molar-refractivity contribution in [3.63, 3.8) is 0 Å². The van der Waals surface area contributed by atoms with Gasteiger partial charge in [0, 0.05) is 19.3 Å². The Kier molecular flexibility index (Phi) is 2.64. The molecule has 1 amide bonds. The number of halogens is 1. The van der Waals surface area contributed by atoms with E-state index in [4.69, 9.17) is 0 Å². The second-order valence-electron chi connectivity index (χ2n) is 3.56. The molecule has 15 heavy (non-hydrogen) atoms. The topological polar surface area (TPSA) is 53.4 Å². The number of carbonyl (C=O) groups is 1. The van der Waals surface area contributed by atoms with E-state index in [1.807, 2.05) is 0 Å². The first-order valence-corrected chi connectivity index (χ1v) is 4.76. The lowest BCUT2D eigenvalue weighted by molar-refractivity contribution is 0.0764. The lowest BCUT2D eigenvalue weighted by atomic mass is 10.2.